The number of rotatable bonds is 6. The Hall–Kier alpha value is -0.810. The molecule has 0 spiro atoms. The zero-order valence-corrected chi connectivity index (χ0v) is 12.0. The van der Waals surface area contributed by atoms with Crippen LogP contribution in [0.4, 0.5) is 4.79 Å². The Kier molecular flexibility index (Phi) is 5.05. The van der Waals surface area contributed by atoms with Crippen molar-refractivity contribution in [2.75, 3.05) is 32.7 Å². The Balaban J connectivity index is 1.56. The highest BCUT2D eigenvalue weighted by Gasteiger charge is 2.34. The lowest BCUT2D eigenvalue weighted by atomic mass is 9.80. The summed E-state index contributed by atoms with van der Waals surface area (Å²) in [5.74, 6) is 0.573. The second kappa shape index (κ2) is 6.57. The minimum absolute atomic E-state index is 0.144. The van der Waals surface area contributed by atoms with Gasteiger partial charge in [-0.15, -0.1) is 0 Å². The number of urea groups is 1. The van der Waals surface area contributed by atoms with Gasteiger partial charge in [-0.1, -0.05) is 6.92 Å². The Bertz CT molecular complexity index is 305. The van der Waals surface area contributed by atoms with Crippen molar-refractivity contribution < 1.29 is 9.90 Å². The summed E-state index contributed by atoms with van der Waals surface area (Å²) in [6.45, 7) is 6.73. The molecule has 110 valence electrons. The van der Waals surface area contributed by atoms with Crippen LogP contribution in [-0.2, 0) is 0 Å². The quantitative estimate of drug-likeness (QED) is 0.672. The summed E-state index contributed by atoms with van der Waals surface area (Å²) in [6.07, 6.45) is 5.04. The molecule has 0 aromatic rings. The van der Waals surface area contributed by atoms with E-state index < -0.39 is 5.60 Å². The first-order valence-electron chi connectivity index (χ1n) is 7.58. The molecule has 1 atom stereocenters. The Morgan fingerprint density at radius 2 is 2.21 bits per heavy atom. The first-order valence-corrected chi connectivity index (χ1v) is 7.58. The number of nitrogens with one attached hydrogen (secondary N) is 2. The SMILES string of the molecule is CCCN1CCC(CNC(=O)NCC2(O)CCC2)C1. The lowest BCUT2D eigenvalue weighted by molar-refractivity contribution is -0.0290. The van der Waals surface area contributed by atoms with E-state index in [1.807, 2.05) is 0 Å². The molecule has 1 aliphatic carbocycles. The molecule has 19 heavy (non-hydrogen) atoms. The van der Waals surface area contributed by atoms with E-state index in [-0.39, 0.29) is 6.03 Å². The van der Waals surface area contributed by atoms with E-state index >= 15 is 0 Å². The lowest BCUT2D eigenvalue weighted by Gasteiger charge is -2.36. The molecular formula is C14H27N3O2. The van der Waals surface area contributed by atoms with Crippen LogP contribution in [-0.4, -0.2) is 54.4 Å². The summed E-state index contributed by atoms with van der Waals surface area (Å²) >= 11 is 0. The maximum absolute atomic E-state index is 11.6. The third-order valence-corrected chi connectivity index (χ3v) is 4.32. The summed E-state index contributed by atoms with van der Waals surface area (Å²) in [5.41, 5.74) is -0.636. The zero-order chi connectivity index (χ0) is 13.7. The highest BCUT2D eigenvalue weighted by atomic mass is 16.3. The maximum Gasteiger partial charge on any atom is 0.314 e. The molecule has 2 aliphatic rings. The minimum Gasteiger partial charge on any atom is -0.388 e. The van der Waals surface area contributed by atoms with Gasteiger partial charge in [-0.05, 0) is 51.1 Å². The van der Waals surface area contributed by atoms with Crippen molar-refractivity contribution in [2.24, 2.45) is 5.92 Å². The molecule has 0 aromatic heterocycles. The average Bonchev–Trinajstić information content (AvgIpc) is 2.80. The normalized spacial score (nSPS) is 25.9. The van der Waals surface area contributed by atoms with Gasteiger partial charge in [0.15, 0.2) is 0 Å². The van der Waals surface area contributed by atoms with Crippen LogP contribution in [0.1, 0.15) is 39.0 Å². The topological polar surface area (TPSA) is 64.6 Å². The van der Waals surface area contributed by atoms with Gasteiger partial charge in [-0.3, -0.25) is 0 Å². The standard InChI is InChI=1S/C14H27N3O2/c1-2-7-17-8-4-12(10-17)9-15-13(18)16-11-14(19)5-3-6-14/h12,19H,2-11H2,1H3,(H2,15,16,18). The van der Waals surface area contributed by atoms with Gasteiger partial charge < -0.3 is 20.6 Å². The molecular weight excluding hydrogens is 242 g/mol. The summed E-state index contributed by atoms with van der Waals surface area (Å²) in [5, 5.41) is 15.6. The maximum atomic E-state index is 11.6. The molecule has 5 nitrogen and oxygen atoms in total. The van der Waals surface area contributed by atoms with Crippen molar-refractivity contribution in [3.05, 3.63) is 0 Å². The van der Waals surface area contributed by atoms with Crippen LogP contribution < -0.4 is 10.6 Å². The molecule has 2 fully saturated rings. The van der Waals surface area contributed by atoms with Crippen molar-refractivity contribution in [3.63, 3.8) is 0 Å². The number of hydrogen-bond acceptors (Lipinski definition) is 3. The van der Waals surface area contributed by atoms with E-state index in [9.17, 15) is 9.90 Å². The number of nitrogens with zero attached hydrogens (tertiary/aromatic N) is 1. The van der Waals surface area contributed by atoms with Crippen LogP contribution in [0.3, 0.4) is 0 Å². The number of carbonyl (C=O) groups excluding carboxylic acids is 1. The molecule has 3 N–H and O–H groups in total. The molecule has 2 rings (SSSR count). The summed E-state index contributed by atoms with van der Waals surface area (Å²) < 4.78 is 0. The van der Waals surface area contributed by atoms with Crippen LogP contribution >= 0.6 is 0 Å². The molecule has 0 aromatic carbocycles. The molecule has 2 amide bonds. The van der Waals surface area contributed by atoms with Crippen molar-refractivity contribution in [1.82, 2.24) is 15.5 Å². The van der Waals surface area contributed by atoms with E-state index in [0.717, 1.165) is 45.4 Å². The molecule has 0 bridgehead atoms. The average molecular weight is 269 g/mol. The van der Waals surface area contributed by atoms with E-state index in [1.165, 1.54) is 12.8 Å². The fourth-order valence-corrected chi connectivity index (χ4v) is 2.90. The molecule has 5 heteroatoms. The number of likely N-dealkylation sites (tertiary alicyclic amines) is 1. The number of hydrogen-bond donors (Lipinski definition) is 3. The summed E-state index contributed by atoms with van der Waals surface area (Å²) in [4.78, 5) is 14.1. The van der Waals surface area contributed by atoms with Crippen molar-refractivity contribution in [1.29, 1.82) is 0 Å². The Morgan fingerprint density at radius 3 is 2.84 bits per heavy atom. The Labute approximate surface area is 115 Å². The van der Waals surface area contributed by atoms with Gasteiger partial charge in [0.25, 0.3) is 0 Å². The molecule has 0 radical (unpaired) electrons. The van der Waals surface area contributed by atoms with Gasteiger partial charge in [0, 0.05) is 19.6 Å². The van der Waals surface area contributed by atoms with Crippen LogP contribution in [0.5, 0.6) is 0 Å². The van der Waals surface area contributed by atoms with Gasteiger partial charge in [0.2, 0.25) is 0 Å². The molecule has 1 saturated carbocycles. The predicted molar refractivity (Wildman–Crippen MR) is 75.0 cm³/mol. The third-order valence-electron chi connectivity index (χ3n) is 4.32. The number of carbonyl (C=O) groups is 1. The monoisotopic (exact) mass is 269 g/mol. The summed E-state index contributed by atoms with van der Waals surface area (Å²) in [7, 11) is 0. The van der Waals surface area contributed by atoms with E-state index in [0.29, 0.717) is 12.5 Å². The zero-order valence-electron chi connectivity index (χ0n) is 12.0. The molecule has 1 heterocycles. The highest BCUT2D eigenvalue weighted by molar-refractivity contribution is 5.73. The van der Waals surface area contributed by atoms with Crippen LogP contribution in [0.25, 0.3) is 0 Å². The molecule has 1 unspecified atom stereocenters. The van der Waals surface area contributed by atoms with Gasteiger partial charge >= 0.3 is 6.03 Å². The predicted octanol–water partition coefficient (Wildman–Crippen LogP) is 0.933. The van der Waals surface area contributed by atoms with E-state index in [4.69, 9.17) is 0 Å². The van der Waals surface area contributed by atoms with Gasteiger partial charge in [-0.2, -0.15) is 0 Å². The minimum atomic E-state index is -0.636. The van der Waals surface area contributed by atoms with E-state index in [2.05, 4.69) is 22.5 Å². The second-order valence-corrected chi connectivity index (χ2v) is 6.10. The van der Waals surface area contributed by atoms with E-state index in [1.54, 1.807) is 0 Å². The van der Waals surface area contributed by atoms with Gasteiger partial charge in [-0.25, -0.2) is 4.79 Å². The third kappa shape index (κ3) is 4.35. The van der Waals surface area contributed by atoms with Crippen molar-refractivity contribution in [3.8, 4) is 0 Å². The van der Waals surface area contributed by atoms with Crippen LogP contribution in [0.2, 0.25) is 0 Å². The van der Waals surface area contributed by atoms with Crippen molar-refractivity contribution >= 4 is 6.03 Å². The van der Waals surface area contributed by atoms with Crippen LogP contribution in [0.15, 0.2) is 0 Å². The highest BCUT2D eigenvalue weighted by Crippen LogP contribution is 2.30. The van der Waals surface area contributed by atoms with Gasteiger partial charge in [0.1, 0.15) is 0 Å². The summed E-state index contributed by atoms with van der Waals surface area (Å²) in [6, 6.07) is -0.144. The first kappa shape index (κ1) is 14.6. The van der Waals surface area contributed by atoms with Gasteiger partial charge in [0.05, 0.1) is 5.60 Å². The fraction of sp³-hybridized carbons (Fsp3) is 0.929. The Morgan fingerprint density at radius 1 is 1.42 bits per heavy atom. The van der Waals surface area contributed by atoms with Crippen LogP contribution in [0, 0.1) is 5.92 Å². The number of amides is 2. The smallest absolute Gasteiger partial charge is 0.314 e. The number of aliphatic hydroxyl groups is 1. The fourth-order valence-electron chi connectivity index (χ4n) is 2.90. The second-order valence-electron chi connectivity index (χ2n) is 6.10. The molecule has 1 aliphatic heterocycles. The lowest BCUT2D eigenvalue weighted by Crippen LogP contribution is -2.50. The van der Waals surface area contributed by atoms with Crippen molar-refractivity contribution in [2.45, 2.75) is 44.6 Å². The molecule has 1 saturated heterocycles. The largest absolute Gasteiger partial charge is 0.388 e. The first-order chi connectivity index (χ1) is 9.11.